The molecular weight excluding hydrogens is 184 g/mol. The van der Waals surface area contributed by atoms with Crippen LogP contribution in [0.25, 0.3) is 0 Å². The van der Waals surface area contributed by atoms with E-state index in [4.69, 9.17) is 0 Å². The van der Waals surface area contributed by atoms with Crippen molar-refractivity contribution in [3.8, 4) is 0 Å². The lowest BCUT2D eigenvalue weighted by Crippen LogP contribution is -2.45. The predicted molar refractivity (Wildman–Crippen MR) is 65.8 cm³/mol. The van der Waals surface area contributed by atoms with E-state index in [1.165, 1.54) is 25.7 Å². The summed E-state index contributed by atoms with van der Waals surface area (Å²) in [5.74, 6) is 0. The fourth-order valence-electron chi connectivity index (χ4n) is 2.75. The Hall–Kier alpha value is -0.563. The first-order valence-electron chi connectivity index (χ1n) is 5.77. The molecule has 76 valence electrons. The highest BCUT2D eigenvalue weighted by Gasteiger charge is 2.34. The first kappa shape index (κ1) is 9.97. The molecule has 0 saturated heterocycles. The average molecular weight is 204 g/mol. The molecule has 1 aromatic carbocycles. The van der Waals surface area contributed by atoms with E-state index in [1.54, 1.807) is 5.19 Å². The molecule has 1 heteroatoms. The molecule has 14 heavy (non-hydrogen) atoms. The molecule has 0 nitrogen and oxygen atoms in total. The Kier molecular flexibility index (Phi) is 2.77. The second-order valence-electron chi connectivity index (χ2n) is 5.07. The van der Waals surface area contributed by atoms with E-state index in [-0.39, 0.29) is 0 Å². The summed E-state index contributed by atoms with van der Waals surface area (Å²) < 4.78 is 0. The molecule has 0 aliphatic heterocycles. The molecule has 0 bridgehead atoms. The van der Waals surface area contributed by atoms with Crippen LogP contribution in [0.15, 0.2) is 30.3 Å². The van der Waals surface area contributed by atoms with Gasteiger partial charge in [-0.15, -0.1) is 0 Å². The molecule has 0 aromatic heterocycles. The molecule has 0 radical (unpaired) electrons. The molecule has 0 heterocycles. The number of hydrogen-bond acceptors (Lipinski definition) is 0. The van der Waals surface area contributed by atoms with E-state index in [2.05, 4.69) is 43.4 Å². The molecule has 0 N–H and O–H groups in total. The van der Waals surface area contributed by atoms with Crippen molar-refractivity contribution in [2.24, 2.45) is 0 Å². The van der Waals surface area contributed by atoms with Gasteiger partial charge in [-0.25, -0.2) is 0 Å². The van der Waals surface area contributed by atoms with Crippen LogP contribution in [0.3, 0.4) is 0 Å². The first-order valence-corrected chi connectivity index (χ1v) is 8.84. The third kappa shape index (κ3) is 1.78. The lowest BCUT2D eigenvalue weighted by atomic mass is 10.4. The van der Waals surface area contributed by atoms with Crippen LogP contribution in [0.5, 0.6) is 0 Å². The summed E-state index contributed by atoms with van der Waals surface area (Å²) in [5.41, 5.74) is 1.03. The Morgan fingerprint density at radius 1 is 1.00 bits per heavy atom. The van der Waals surface area contributed by atoms with Crippen LogP contribution in [0.4, 0.5) is 0 Å². The Labute approximate surface area is 88.4 Å². The molecule has 1 aromatic rings. The van der Waals surface area contributed by atoms with Crippen molar-refractivity contribution in [3.63, 3.8) is 0 Å². The largest absolute Gasteiger partial charge is 0.0836 e. The summed E-state index contributed by atoms with van der Waals surface area (Å²) in [5, 5.41) is 1.65. The van der Waals surface area contributed by atoms with Crippen molar-refractivity contribution in [1.29, 1.82) is 0 Å². The minimum absolute atomic E-state index is 1.03. The van der Waals surface area contributed by atoms with E-state index in [0.29, 0.717) is 0 Å². The summed E-state index contributed by atoms with van der Waals surface area (Å²) >= 11 is 0. The fourth-order valence-corrected chi connectivity index (χ4v) is 6.13. The molecule has 0 spiro atoms. The van der Waals surface area contributed by atoms with Crippen molar-refractivity contribution in [3.05, 3.63) is 30.3 Å². The fraction of sp³-hybridized carbons (Fsp3) is 0.538. The normalized spacial score (nSPS) is 18.7. The summed E-state index contributed by atoms with van der Waals surface area (Å²) in [7, 11) is -1.15. The Bertz CT molecular complexity index is 283. The van der Waals surface area contributed by atoms with Crippen LogP contribution < -0.4 is 5.19 Å². The zero-order chi connectivity index (χ0) is 10.0. The van der Waals surface area contributed by atoms with Crippen molar-refractivity contribution < 1.29 is 0 Å². The number of rotatable bonds is 2. The summed E-state index contributed by atoms with van der Waals surface area (Å²) in [6.07, 6.45) is 5.89. The van der Waals surface area contributed by atoms with Gasteiger partial charge >= 0.3 is 0 Å². The van der Waals surface area contributed by atoms with Gasteiger partial charge in [0.2, 0.25) is 0 Å². The molecule has 0 unspecified atom stereocenters. The van der Waals surface area contributed by atoms with Crippen molar-refractivity contribution in [2.75, 3.05) is 0 Å². The SMILES string of the molecule is C[Si](C)(c1ccccc1)C1CCCC1. The number of benzene rings is 1. The molecule has 0 atom stereocenters. The minimum atomic E-state index is -1.15. The molecule has 1 aliphatic carbocycles. The Morgan fingerprint density at radius 3 is 2.14 bits per heavy atom. The van der Waals surface area contributed by atoms with Crippen molar-refractivity contribution in [1.82, 2.24) is 0 Å². The van der Waals surface area contributed by atoms with Gasteiger partial charge in [0.25, 0.3) is 0 Å². The highest BCUT2D eigenvalue weighted by Crippen LogP contribution is 2.38. The van der Waals surface area contributed by atoms with Gasteiger partial charge in [-0.3, -0.25) is 0 Å². The maximum atomic E-state index is 2.54. The van der Waals surface area contributed by atoms with E-state index < -0.39 is 8.07 Å². The molecule has 2 rings (SSSR count). The average Bonchev–Trinajstić information content (AvgIpc) is 2.72. The summed E-state index contributed by atoms with van der Waals surface area (Å²) in [4.78, 5) is 0. The smallest absolute Gasteiger partial charge is 0.0652 e. The summed E-state index contributed by atoms with van der Waals surface area (Å²) in [6, 6.07) is 11.2. The van der Waals surface area contributed by atoms with E-state index >= 15 is 0 Å². The van der Waals surface area contributed by atoms with Gasteiger partial charge < -0.3 is 0 Å². The maximum Gasteiger partial charge on any atom is 0.0836 e. The second kappa shape index (κ2) is 3.89. The van der Waals surface area contributed by atoms with Crippen LogP contribution >= 0.6 is 0 Å². The highest BCUT2D eigenvalue weighted by atomic mass is 28.3. The van der Waals surface area contributed by atoms with Gasteiger partial charge in [-0.05, 0) is 5.54 Å². The van der Waals surface area contributed by atoms with Crippen LogP contribution in [-0.4, -0.2) is 8.07 Å². The lowest BCUT2D eigenvalue weighted by Gasteiger charge is -2.29. The van der Waals surface area contributed by atoms with Gasteiger partial charge in [0.05, 0.1) is 8.07 Å². The van der Waals surface area contributed by atoms with Crippen molar-refractivity contribution in [2.45, 2.75) is 44.3 Å². The van der Waals surface area contributed by atoms with Gasteiger partial charge in [0.1, 0.15) is 0 Å². The highest BCUT2D eigenvalue weighted by molar-refractivity contribution is 6.91. The molecular formula is C13H20Si. The van der Waals surface area contributed by atoms with Gasteiger partial charge in [0, 0.05) is 0 Å². The van der Waals surface area contributed by atoms with Crippen LogP contribution in [0.1, 0.15) is 25.7 Å². The van der Waals surface area contributed by atoms with E-state index in [1.807, 2.05) is 0 Å². The number of hydrogen-bond donors (Lipinski definition) is 0. The second-order valence-corrected chi connectivity index (χ2v) is 9.91. The standard InChI is InChI=1S/C13H20Si/c1-14(2,13-10-6-7-11-13)12-8-4-3-5-9-12/h3-5,8-9,13H,6-7,10-11H2,1-2H3. The lowest BCUT2D eigenvalue weighted by molar-refractivity contribution is 0.845. The van der Waals surface area contributed by atoms with E-state index in [0.717, 1.165) is 5.54 Å². The molecule has 1 saturated carbocycles. The molecule has 1 aliphatic rings. The van der Waals surface area contributed by atoms with Gasteiger partial charge in [-0.1, -0.05) is 74.3 Å². The minimum Gasteiger partial charge on any atom is -0.0652 e. The molecule has 0 amide bonds. The van der Waals surface area contributed by atoms with Crippen LogP contribution in [-0.2, 0) is 0 Å². The third-order valence-corrected chi connectivity index (χ3v) is 8.33. The zero-order valence-electron chi connectivity index (χ0n) is 9.29. The maximum absolute atomic E-state index is 2.54. The summed E-state index contributed by atoms with van der Waals surface area (Å²) in [6.45, 7) is 5.08. The first-order chi connectivity index (χ1) is 6.71. The van der Waals surface area contributed by atoms with Crippen LogP contribution in [0.2, 0.25) is 18.6 Å². The van der Waals surface area contributed by atoms with Gasteiger partial charge in [-0.2, -0.15) is 0 Å². The van der Waals surface area contributed by atoms with Gasteiger partial charge in [0.15, 0.2) is 0 Å². The zero-order valence-corrected chi connectivity index (χ0v) is 10.3. The Morgan fingerprint density at radius 2 is 1.57 bits per heavy atom. The topological polar surface area (TPSA) is 0 Å². The predicted octanol–water partition coefficient (Wildman–Crippen LogP) is 3.55. The molecule has 1 fully saturated rings. The van der Waals surface area contributed by atoms with Crippen molar-refractivity contribution >= 4 is 13.3 Å². The quantitative estimate of drug-likeness (QED) is 0.646. The Balaban J connectivity index is 2.22. The van der Waals surface area contributed by atoms with Crippen LogP contribution in [0, 0.1) is 0 Å². The third-order valence-electron chi connectivity index (χ3n) is 3.89. The monoisotopic (exact) mass is 204 g/mol. The van der Waals surface area contributed by atoms with E-state index in [9.17, 15) is 0 Å².